The van der Waals surface area contributed by atoms with Gasteiger partial charge >= 0.3 is 0 Å². The van der Waals surface area contributed by atoms with Crippen LogP contribution in [0.25, 0.3) is 0 Å². The predicted octanol–water partition coefficient (Wildman–Crippen LogP) is 4.12. The molecular formula is C15H30N4. The summed E-state index contributed by atoms with van der Waals surface area (Å²) in [7, 11) is 0. The summed E-state index contributed by atoms with van der Waals surface area (Å²) in [5, 5.41) is 10.4. The summed E-state index contributed by atoms with van der Waals surface area (Å²) < 4.78 is 0. The van der Waals surface area contributed by atoms with Crippen molar-refractivity contribution < 1.29 is 0 Å². The summed E-state index contributed by atoms with van der Waals surface area (Å²) in [5.74, 6) is 0. The summed E-state index contributed by atoms with van der Waals surface area (Å²) in [5.41, 5.74) is 6.91. The summed E-state index contributed by atoms with van der Waals surface area (Å²) in [6, 6.07) is 0.0489. The van der Waals surface area contributed by atoms with E-state index >= 15 is 0 Å². The van der Waals surface area contributed by atoms with Crippen LogP contribution in [0.5, 0.6) is 0 Å². The fourth-order valence-electron chi connectivity index (χ4n) is 2.39. The number of hydrogen-bond donors (Lipinski definition) is 2. The molecule has 0 saturated carbocycles. The zero-order valence-corrected chi connectivity index (χ0v) is 12.4. The Morgan fingerprint density at radius 3 is 2.11 bits per heavy atom. The molecule has 0 amide bonds. The zero-order valence-electron chi connectivity index (χ0n) is 12.4. The van der Waals surface area contributed by atoms with Gasteiger partial charge in [0.15, 0.2) is 0 Å². The van der Waals surface area contributed by atoms with Gasteiger partial charge in [-0.3, -0.25) is 0 Å². The number of aromatic nitrogens is 3. The van der Waals surface area contributed by atoms with E-state index in [1.54, 1.807) is 6.20 Å². The van der Waals surface area contributed by atoms with Gasteiger partial charge in [-0.2, -0.15) is 15.4 Å². The normalized spacial score (nSPS) is 12.7. The molecule has 0 aliphatic heterocycles. The Balaban J connectivity index is 1.83. The standard InChI is InChI=1S/C15H30N4/c1-2-3-4-5-6-7-8-9-10-11-12-14(16)15-13-17-19-18-15/h13-14H,2-12,16H2,1H3,(H,17,18,19). The Labute approximate surface area is 117 Å². The summed E-state index contributed by atoms with van der Waals surface area (Å²) >= 11 is 0. The molecule has 0 saturated heterocycles. The predicted molar refractivity (Wildman–Crippen MR) is 79.8 cm³/mol. The Morgan fingerprint density at radius 2 is 1.58 bits per heavy atom. The SMILES string of the molecule is CCCCCCCCCCCCC(N)c1cn[nH]n1. The Kier molecular flexibility index (Phi) is 9.33. The van der Waals surface area contributed by atoms with E-state index in [4.69, 9.17) is 5.73 Å². The molecule has 0 aliphatic carbocycles. The lowest BCUT2D eigenvalue weighted by Crippen LogP contribution is -2.10. The summed E-state index contributed by atoms with van der Waals surface area (Å²) in [6.45, 7) is 2.27. The molecule has 4 heteroatoms. The van der Waals surface area contributed by atoms with Gasteiger partial charge in [0.25, 0.3) is 0 Å². The van der Waals surface area contributed by atoms with Crippen molar-refractivity contribution in [3.63, 3.8) is 0 Å². The highest BCUT2D eigenvalue weighted by molar-refractivity contribution is 4.97. The van der Waals surface area contributed by atoms with Gasteiger partial charge in [0, 0.05) is 0 Å². The van der Waals surface area contributed by atoms with Gasteiger partial charge in [0.2, 0.25) is 0 Å². The second kappa shape index (κ2) is 11.0. The minimum atomic E-state index is 0.0489. The van der Waals surface area contributed by atoms with Crippen molar-refractivity contribution in [3.8, 4) is 0 Å². The molecule has 1 heterocycles. The maximum Gasteiger partial charge on any atom is 0.0991 e. The van der Waals surface area contributed by atoms with E-state index in [1.807, 2.05) is 0 Å². The molecule has 3 N–H and O–H groups in total. The minimum Gasteiger partial charge on any atom is -0.323 e. The lowest BCUT2D eigenvalue weighted by molar-refractivity contribution is 0.525. The van der Waals surface area contributed by atoms with Gasteiger partial charge in [0.1, 0.15) is 0 Å². The third kappa shape index (κ3) is 7.98. The molecule has 1 rings (SSSR count). The highest BCUT2D eigenvalue weighted by Crippen LogP contribution is 2.16. The first-order valence-corrected chi connectivity index (χ1v) is 7.96. The molecule has 1 aromatic rings. The molecule has 0 bridgehead atoms. The molecule has 1 aromatic heterocycles. The van der Waals surface area contributed by atoms with E-state index in [2.05, 4.69) is 22.3 Å². The monoisotopic (exact) mass is 266 g/mol. The Bertz CT molecular complexity index is 284. The van der Waals surface area contributed by atoms with Gasteiger partial charge < -0.3 is 5.73 Å². The largest absolute Gasteiger partial charge is 0.323 e. The fraction of sp³-hybridized carbons (Fsp3) is 0.867. The van der Waals surface area contributed by atoms with Crippen LogP contribution in [0.1, 0.15) is 89.3 Å². The fourth-order valence-corrected chi connectivity index (χ4v) is 2.39. The average molecular weight is 266 g/mol. The maximum atomic E-state index is 6.03. The minimum absolute atomic E-state index is 0.0489. The van der Waals surface area contributed by atoms with E-state index in [-0.39, 0.29) is 6.04 Å². The third-order valence-electron chi connectivity index (χ3n) is 3.68. The van der Waals surface area contributed by atoms with Crippen molar-refractivity contribution in [1.29, 1.82) is 0 Å². The molecule has 1 unspecified atom stereocenters. The van der Waals surface area contributed by atoms with E-state index in [0.29, 0.717) is 0 Å². The van der Waals surface area contributed by atoms with Crippen molar-refractivity contribution in [2.75, 3.05) is 0 Å². The second-order valence-corrected chi connectivity index (χ2v) is 5.47. The summed E-state index contributed by atoms with van der Waals surface area (Å²) in [4.78, 5) is 0. The molecule has 4 nitrogen and oxygen atoms in total. The Hall–Kier alpha value is -0.900. The highest BCUT2D eigenvalue weighted by atomic mass is 15.3. The van der Waals surface area contributed by atoms with Gasteiger partial charge in [-0.15, -0.1) is 0 Å². The van der Waals surface area contributed by atoms with Crippen molar-refractivity contribution in [2.24, 2.45) is 5.73 Å². The molecule has 0 aromatic carbocycles. The summed E-state index contributed by atoms with van der Waals surface area (Å²) in [6.07, 6.45) is 16.4. The van der Waals surface area contributed by atoms with Gasteiger partial charge in [0.05, 0.1) is 17.9 Å². The van der Waals surface area contributed by atoms with Gasteiger partial charge in [-0.05, 0) is 6.42 Å². The van der Waals surface area contributed by atoms with Crippen LogP contribution in [0.15, 0.2) is 6.20 Å². The van der Waals surface area contributed by atoms with Crippen LogP contribution >= 0.6 is 0 Å². The first-order valence-electron chi connectivity index (χ1n) is 7.96. The number of nitrogens with one attached hydrogen (secondary N) is 1. The van der Waals surface area contributed by atoms with E-state index in [9.17, 15) is 0 Å². The van der Waals surface area contributed by atoms with Crippen LogP contribution in [0.3, 0.4) is 0 Å². The third-order valence-corrected chi connectivity index (χ3v) is 3.68. The molecule has 0 fully saturated rings. The number of aromatic amines is 1. The molecule has 0 radical (unpaired) electrons. The number of hydrogen-bond acceptors (Lipinski definition) is 3. The zero-order chi connectivity index (χ0) is 13.8. The van der Waals surface area contributed by atoms with Crippen LogP contribution < -0.4 is 5.73 Å². The van der Waals surface area contributed by atoms with Crippen LogP contribution in [0, 0.1) is 0 Å². The molecular weight excluding hydrogens is 236 g/mol. The van der Waals surface area contributed by atoms with Crippen molar-refractivity contribution in [3.05, 3.63) is 11.9 Å². The van der Waals surface area contributed by atoms with Crippen LogP contribution in [0.2, 0.25) is 0 Å². The number of H-pyrrole nitrogens is 1. The van der Waals surface area contributed by atoms with Crippen molar-refractivity contribution >= 4 is 0 Å². The highest BCUT2D eigenvalue weighted by Gasteiger charge is 2.07. The average Bonchev–Trinajstić information content (AvgIpc) is 2.95. The first-order chi connectivity index (χ1) is 9.34. The number of rotatable bonds is 12. The van der Waals surface area contributed by atoms with Crippen LogP contribution in [-0.2, 0) is 0 Å². The molecule has 110 valence electrons. The van der Waals surface area contributed by atoms with Crippen LogP contribution in [-0.4, -0.2) is 15.4 Å². The quantitative estimate of drug-likeness (QED) is 0.559. The second-order valence-electron chi connectivity index (χ2n) is 5.47. The smallest absolute Gasteiger partial charge is 0.0991 e. The molecule has 0 spiro atoms. The van der Waals surface area contributed by atoms with Gasteiger partial charge in [-0.25, -0.2) is 0 Å². The van der Waals surface area contributed by atoms with Crippen LogP contribution in [0.4, 0.5) is 0 Å². The maximum absolute atomic E-state index is 6.03. The van der Waals surface area contributed by atoms with E-state index in [0.717, 1.165) is 12.1 Å². The topological polar surface area (TPSA) is 67.6 Å². The van der Waals surface area contributed by atoms with Crippen molar-refractivity contribution in [1.82, 2.24) is 15.4 Å². The van der Waals surface area contributed by atoms with E-state index in [1.165, 1.54) is 64.2 Å². The van der Waals surface area contributed by atoms with Gasteiger partial charge in [-0.1, -0.05) is 71.1 Å². The number of nitrogens with zero attached hydrogens (tertiary/aromatic N) is 2. The lowest BCUT2D eigenvalue weighted by atomic mass is 10.0. The van der Waals surface area contributed by atoms with Crippen molar-refractivity contribution in [2.45, 2.75) is 83.6 Å². The first kappa shape index (κ1) is 16.2. The molecule has 0 aliphatic rings. The Morgan fingerprint density at radius 1 is 1.00 bits per heavy atom. The number of nitrogens with two attached hydrogens (primary N) is 1. The lowest BCUT2D eigenvalue weighted by Gasteiger charge is -2.07. The molecule has 1 atom stereocenters. The van der Waals surface area contributed by atoms with E-state index < -0.39 is 0 Å². The molecule has 19 heavy (non-hydrogen) atoms. The number of unbranched alkanes of at least 4 members (excludes halogenated alkanes) is 9.